The van der Waals surface area contributed by atoms with Gasteiger partial charge in [0.1, 0.15) is 5.78 Å². The van der Waals surface area contributed by atoms with Crippen molar-refractivity contribution in [1.29, 1.82) is 0 Å². The fraction of sp³-hybridized carbons (Fsp3) is 0.944. The van der Waals surface area contributed by atoms with Crippen LogP contribution in [-0.2, 0) is 14.3 Å². The molecule has 0 aromatic heterocycles. The molecule has 1 aliphatic heterocycles. The number of carbonyl (C=O) groups excluding carboxylic acids is 1. The fourth-order valence-electron chi connectivity index (χ4n) is 2.10. The maximum absolute atomic E-state index is 9.81. The molecule has 0 aromatic carbocycles. The van der Waals surface area contributed by atoms with E-state index in [9.17, 15) is 4.79 Å². The van der Waals surface area contributed by atoms with E-state index in [1.54, 1.807) is 20.8 Å². The number of rotatable bonds is 4. The van der Waals surface area contributed by atoms with Gasteiger partial charge in [-0.05, 0) is 60.8 Å². The third-order valence-corrected chi connectivity index (χ3v) is 3.39. The topological polar surface area (TPSA) is 76.0 Å². The largest absolute Gasteiger partial charge is 0.393 e. The smallest absolute Gasteiger partial charge is 0.165 e. The minimum absolute atomic E-state index is 0.255. The van der Waals surface area contributed by atoms with E-state index in [-0.39, 0.29) is 23.8 Å². The van der Waals surface area contributed by atoms with Crippen LogP contribution in [0.3, 0.4) is 0 Å². The van der Waals surface area contributed by atoms with E-state index in [0.717, 1.165) is 12.8 Å². The van der Waals surface area contributed by atoms with Gasteiger partial charge in [-0.15, -0.1) is 0 Å². The Labute approximate surface area is 142 Å². The molecule has 4 atom stereocenters. The van der Waals surface area contributed by atoms with Crippen molar-refractivity contribution in [3.8, 4) is 0 Å². The lowest BCUT2D eigenvalue weighted by Gasteiger charge is -2.40. The highest BCUT2D eigenvalue weighted by Gasteiger charge is 2.33. The average Bonchev–Trinajstić information content (AvgIpc) is 2.36. The normalized spacial score (nSPS) is 29.3. The van der Waals surface area contributed by atoms with Gasteiger partial charge < -0.3 is 24.5 Å². The highest BCUT2D eigenvalue weighted by Crippen LogP contribution is 2.28. The first-order valence-electron chi connectivity index (χ1n) is 8.66. The first-order chi connectivity index (χ1) is 10.5. The van der Waals surface area contributed by atoms with Crippen LogP contribution in [0.25, 0.3) is 0 Å². The van der Waals surface area contributed by atoms with E-state index in [2.05, 4.69) is 20.8 Å². The third kappa shape index (κ3) is 16.2. The van der Waals surface area contributed by atoms with Crippen molar-refractivity contribution >= 4 is 5.78 Å². The molecule has 0 amide bonds. The van der Waals surface area contributed by atoms with Crippen LogP contribution in [0.5, 0.6) is 0 Å². The van der Waals surface area contributed by atoms with E-state index >= 15 is 0 Å². The first-order valence-corrected chi connectivity index (χ1v) is 8.66. The summed E-state index contributed by atoms with van der Waals surface area (Å²) in [4.78, 5) is 9.81. The third-order valence-electron chi connectivity index (χ3n) is 3.39. The zero-order chi connectivity index (χ0) is 18.6. The summed E-state index contributed by atoms with van der Waals surface area (Å²) in [5.74, 6) is -0.0816. The molecule has 1 heterocycles. The predicted molar refractivity (Wildman–Crippen MR) is 93.4 cm³/mol. The maximum Gasteiger partial charge on any atom is 0.165 e. The van der Waals surface area contributed by atoms with Gasteiger partial charge in [0.2, 0.25) is 0 Å². The van der Waals surface area contributed by atoms with E-state index in [4.69, 9.17) is 19.7 Å². The van der Waals surface area contributed by atoms with Crippen LogP contribution in [0, 0.1) is 0 Å². The average molecular weight is 334 g/mol. The van der Waals surface area contributed by atoms with Crippen LogP contribution in [0.2, 0.25) is 0 Å². The van der Waals surface area contributed by atoms with Crippen molar-refractivity contribution < 1.29 is 24.5 Å². The van der Waals surface area contributed by atoms with E-state index in [1.807, 2.05) is 13.8 Å². The molecule has 1 aliphatic rings. The van der Waals surface area contributed by atoms with Crippen LogP contribution in [0.4, 0.5) is 0 Å². The van der Waals surface area contributed by atoms with Crippen molar-refractivity contribution in [1.82, 2.24) is 0 Å². The molecule has 140 valence electrons. The molecule has 1 fully saturated rings. The second kappa shape index (κ2) is 12.9. The molecule has 0 aliphatic carbocycles. The zero-order valence-corrected chi connectivity index (χ0v) is 16.3. The Morgan fingerprint density at radius 3 is 1.65 bits per heavy atom. The highest BCUT2D eigenvalue weighted by atomic mass is 16.7. The molecular weight excluding hydrogens is 296 g/mol. The lowest BCUT2D eigenvalue weighted by molar-refractivity contribution is -0.303. The summed E-state index contributed by atoms with van der Waals surface area (Å²) in [7, 11) is 0. The second-order valence-corrected chi connectivity index (χ2v) is 6.57. The van der Waals surface area contributed by atoms with Gasteiger partial charge in [0.25, 0.3) is 0 Å². The Hall–Kier alpha value is -0.490. The summed E-state index contributed by atoms with van der Waals surface area (Å²) in [6, 6.07) is 0. The highest BCUT2D eigenvalue weighted by molar-refractivity contribution is 5.74. The second-order valence-electron chi connectivity index (χ2n) is 6.57. The molecular formula is C18H38O5. The minimum Gasteiger partial charge on any atom is -0.393 e. The van der Waals surface area contributed by atoms with E-state index < -0.39 is 0 Å². The van der Waals surface area contributed by atoms with Gasteiger partial charge in [-0.25, -0.2) is 0 Å². The van der Waals surface area contributed by atoms with Crippen molar-refractivity contribution in [2.24, 2.45) is 0 Å². The maximum atomic E-state index is 9.81. The fourth-order valence-corrected chi connectivity index (χ4v) is 2.10. The molecule has 0 spiro atoms. The number of hydrogen-bond acceptors (Lipinski definition) is 5. The molecule has 5 nitrogen and oxygen atoms in total. The van der Waals surface area contributed by atoms with Gasteiger partial charge in [-0.3, -0.25) is 0 Å². The minimum atomic E-state index is -0.375. The summed E-state index contributed by atoms with van der Waals surface area (Å²) >= 11 is 0. The number of aliphatic hydroxyl groups excluding tert-OH is 2. The van der Waals surface area contributed by atoms with E-state index in [1.165, 1.54) is 0 Å². The summed E-state index contributed by atoms with van der Waals surface area (Å²) in [5, 5.41) is 17.1. The lowest BCUT2D eigenvalue weighted by Crippen LogP contribution is -2.44. The monoisotopic (exact) mass is 334 g/mol. The Morgan fingerprint density at radius 1 is 1.13 bits per heavy atom. The SMILES string of the molecule is CC(O)CC(C)O.CCC(C)=O.CCC1(C)OC(C)CC(C)O1. The number of Topliss-reactive ketones (excluding diaryl/α,β-unsaturated/α-hetero) is 1. The van der Waals surface area contributed by atoms with Crippen molar-refractivity contribution in [3.05, 3.63) is 0 Å². The molecule has 2 N–H and O–H groups in total. The summed E-state index contributed by atoms with van der Waals surface area (Å²) < 4.78 is 11.3. The Bertz CT molecular complexity index is 286. The van der Waals surface area contributed by atoms with Gasteiger partial charge in [0, 0.05) is 6.42 Å². The van der Waals surface area contributed by atoms with E-state index in [0.29, 0.717) is 25.0 Å². The Balaban J connectivity index is 0. The van der Waals surface area contributed by atoms with Crippen LogP contribution in [0.15, 0.2) is 0 Å². The Morgan fingerprint density at radius 2 is 1.48 bits per heavy atom. The molecule has 23 heavy (non-hydrogen) atoms. The number of carbonyl (C=O) groups is 1. The van der Waals surface area contributed by atoms with Crippen LogP contribution >= 0.6 is 0 Å². The molecule has 0 radical (unpaired) electrons. The lowest BCUT2D eigenvalue weighted by atomic mass is 10.1. The van der Waals surface area contributed by atoms with Crippen LogP contribution < -0.4 is 0 Å². The molecule has 1 saturated heterocycles. The van der Waals surface area contributed by atoms with Gasteiger partial charge in [0.15, 0.2) is 5.79 Å². The summed E-state index contributed by atoms with van der Waals surface area (Å²) in [6.45, 7) is 15.1. The molecule has 0 aromatic rings. The van der Waals surface area contributed by atoms with Crippen LogP contribution in [0.1, 0.15) is 81.1 Å². The summed E-state index contributed by atoms with van der Waals surface area (Å²) in [6.07, 6.45) is 2.99. The molecule has 0 bridgehead atoms. The summed E-state index contributed by atoms with van der Waals surface area (Å²) in [5.41, 5.74) is 0. The van der Waals surface area contributed by atoms with Gasteiger partial charge in [-0.1, -0.05) is 13.8 Å². The Kier molecular flexibility index (Phi) is 13.9. The molecule has 5 heteroatoms. The van der Waals surface area contributed by atoms with Crippen LogP contribution in [-0.4, -0.2) is 46.2 Å². The zero-order valence-electron chi connectivity index (χ0n) is 16.3. The molecule has 4 unspecified atom stereocenters. The number of ketones is 1. The number of hydrogen-bond donors (Lipinski definition) is 2. The molecule has 1 rings (SSSR count). The van der Waals surface area contributed by atoms with Gasteiger partial charge in [0.05, 0.1) is 24.4 Å². The van der Waals surface area contributed by atoms with Gasteiger partial charge >= 0.3 is 0 Å². The number of ether oxygens (including phenoxy) is 2. The van der Waals surface area contributed by atoms with Crippen molar-refractivity contribution in [2.45, 2.75) is 111 Å². The standard InChI is InChI=1S/C9H18O2.C5H12O2.C4H8O/c1-5-9(4)10-7(2)6-8(3)11-9;1-4(6)3-5(2)7;1-3-4(2)5/h7-8H,5-6H2,1-4H3;4-7H,3H2,1-2H3;3H2,1-2H3. The van der Waals surface area contributed by atoms with Crippen molar-refractivity contribution in [3.63, 3.8) is 0 Å². The van der Waals surface area contributed by atoms with Gasteiger partial charge in [-0.2, -0.15) is 0 Å². The number of aliphatic hydroxyl groups is 2. The quantitative estimate of drug-likeness (QED) is 0.823. The van der Waals surface area contributed by atoms with Crippen molar-refractivity contribution in [2.75, 3.05) is 0 Å². The first kappa shape index (κ1) is 24.8. The predicted octanol–water partition coefficient (Wildman–Crippen LogP) is 3.45. The molecule has 0 saturated carbocycles.